The Morgan fingerprint density at radius 1 is 0.470 bits per heavy atom. The van der Waals surface area contributed by atoms with Crippen molar-refractivity contribution >= 4 is 114 Å². The van der Waals surface area contributed by atoms with Crippen LogP contribution in [-0.2, 0) is 9.47 Å². The number of nitrogens with zero attached hydrogens (tertiary/aromatic N) is 10. The number of carbonyl (C=O) groups is 6. The summed E-state index contributed by atoms with van der Waals surface area (Å²) in [5.41, 5.74) is 6.27. The Balaban J connectivity index is 0.000000200. The fourth-order valence-electron chi connectivity index (χ4n) is 14.6. The van der Waals surface area contributed by atoms with Crippen LogP contribution < -0.4 is 47.7 Å². The van der Waals surface area contributed by atoms with Gasteiger partial charge in [0.25, 0.3) is 23.6 Å². The highest BCUT2D eigenvalue weighted by Gasteiger charge is 2.49. The van der Waals surface area contributed by atoms with E-state index in [-0.39, 0.29) is 89.8 Å². The first-order valence-electron chi connectivity index (χ1n) is 37.8. The molecule has 0 radical (unpaired) electrons. The maximum absolute atomic E-state index is 13.9. The summed E-state index contributed by atoms with van der Waals surface area (Å²) >= 11 is 0. The molecule has 4 aromatic carbocycles. The number of fused-ring (bicyclic) bond motifs is 8. The summed E-state index contributed by atoms with van der Waals surface area (Å²) in [6.07, 6.45) is 8.97. The highest BCUT2D eigenvalue weighted by molar-refractivity contribution is 8.77. The molecule has 7 atom stereocenters. The van der Waals surface area contributed by atoms with Crippen molar-refractivity contribution in [2.24, 2.45) is 9.98 Å². The van der Waals surface area contributed by atoms with E-state index >= 15 is 0 Å². The van der Waals surface area contributed by atoms with Crippen molar-refractivity contribution in [1.82, 2.24) is 29.6 Å². The SMILES string of the molecule is C=C1C[C@H]2C=Nc3cc(OCCCCCOc4cc5c(cc4OC)C(=O)N4CC(=C)C[C@H]4[C@H](O)N5C(=O)OCCSSc4ccccn4)c(OC)cc3C(=O)N2C1.C=C1C[C@H]2C=Nc3cc(OCCCCCOc4cc5c(cc4OC)C(=O)N4CC(=C)C[C@H]4[C@H](O)N5C(=O)OC[C@@H](C)SSc4ccccn4)c(OC)cc3C(=O)N2C1. The van der Waals surface area contributed by atoms with Gasteiger partial charge in [0, 0.05) is 86.3 Å². The van der Waals surface area contributed by atoms with Crippen LogP contribution in [0.1, 0.15) is 113 Å². The quantitative estimate of drug-likeness (QED) is 0.0240. The third-order valence-corrected chi connectivity index (χ3v) is 25.3. The molecule has 2 aromatic heterocycles. The summed E-state index contributed by atoms with van der Waals surface area (Å²) < 4.78 is 58.4. The number of carbonyl (C=O) groups excluding carboxylic acids is 6. The molecule has 10 heterocycles. The number of aliphatic hydroxyl groups is 2. The van der Waals surface area contributed by atoms with Crippen molar-refractivity contribution < 1.29 is 86.3 Å². The van der Waals surface area contributed by atoms with E-state index in [1.54, 1.807) is 83.2 Å². The monoisotopic (exact) mass is 1640 g/mol. The third kappa shape index (κ3) is 19.0. The first-order valence-corrected chi connectivity index (χ1v) is 42.4. The lowest BCUT2D eigenvalue weighted by Crippen LogP contribution is -2.51. The van der Waals surface area contributed by atoms with Crippen molar-refractivity contribution in [2.75, 3.05) is 110 Å². The van der Waals surface area contributed by atoms with Crippen LogP contribution in [0.4, 0.5) is 32.3 Å². The number of aromatic nitrogens is 2. The second-order valence-electron chi connectivity index (χ2n) is 28.5. The molecule has 0 aliphatic carbocycles. The third-order valence-electron chi connectivity index (χ3n) is 20.3. The second kappa shape index (κ2) is 37.9. The first-order chi connectivity index (χ1) is 55.7. The maximum Gasteiger partial charge on any atom is 0.416 e. The molecule has 14 rings (SSSR count). The number of hydrogen-bond donors (Lipinski definition) is 2. The summed E-state index contributed by atoms with van der Waals surface area (Å²) in [6.45, 7) is 21.2. The molecule has 6 amide bonds. The first kappa shape index (κ1) is 82.6. The van der Waals surface area contributed by atoms with Crippen LogP contribution in [0.5, 0.6) is 46.0 Å². The fourth-order valence-corrected chi connectivity index (χ4v) is 18.2. The Morgan fingerprint density at radius 2 is 0.852 bits per heavy atom. The second-order valence-corrected chi connectivity index (χ2v) is 33.6. The number of hydrogen-bond acceptors (Lipinski definition) is 26. The normalized spacial score (nSPS) is 19.9. The van der Waals surface area contributed by atoms with Crippen LogP contribution in [0, 0.1) is 0 Å². The van der Waals surface area contributed by atoms with Gasteiger partial charge >= 0.3 is 12.2 Å². The molecule has 0 bridgehead atoms. The van der Waals surface area contributed by atoms with Crippen LogP contribution in [0.15, 0.2) is 166 Å². The van der Waals surface area contributed by atoms with Crippen LogP contribution in [0.25, 0.3) is 0 Å². The van der Waals surface area contributed by atoms with E-state index in [1.165, 1.54) is 81.4 Å². The van der Waals surface area contributed by atoms with E-state index in [0.29, 0.717) is 165 Å². The molecule has 606 valence electrons. The predicted octanol–water partition coefficient (Wildman–Crippen LogP) is 13.8. The van der Waals surface area contributed by atoms with E-state index in [1.807, 2.05) is 43.3 Å². The minimum atomic E-state index is -1.40. The van der Waals surface area contributed by atoms with Crippen molar-refractivity contribution in [1.29, 1.82) is 0 Å². The average molecular weight is 1650 g/mol. The molecule has 6 aromatic rings. The zero-order valence-corrected chi connectivity index (χ0v) is 67.9. The number of benzene rings is 4. The molecule has 0 unspecified atom stereocenters. The van der Waals surface area contributed by atoms with Gasteiger partial charge in [0.2, 0.25) is 0 Å². The van der Waals surface area contributed by atoms with E-state index in [0.717, 1.165) is 55.0 Å². The summed E-state index contributed by atoms with van der Waals surface area (Å²) in [4.78, 5) is 109. The lowest BCUT2D eigenvalue weighted by Gasteiger charge is -2.31. The number of aliphatic imine (C=N–C) groups is 2. The Morgan fingerprint density at radius 3 is 1.27 bits per heavy atom. The minimum absolute atomic E-state index is 0.0585. The molecule has 0 saturated carbocycles. The number of anilines is 2. The highest BCUT2D eigenvalue weighted by Crippen LogP contribution is 2.47. The molecule has 8 aliphatic heterocycles. The van der Waals surface area contributed by atoms with Crippen molar-refractivity contribution in [3.63, 3.8) is 0 Å². The summed E-state index contributed by atoms with van der Waals surface area (Å²) in [7, 11) is 12.0. The topological polar surface area (TPSA) is 305 Å². The standard InChI is InChI=1S/C42H47N5O9S2.C41H45N5O9S2/c1-25-15-28-21-44-31-19-36(34(52-4)17-29(31)39(48)45(28)22-25)54-13-9-6-10-14-55-37-20-32-30(18-35(37)53-5)40(49)46-23-26(2)16-33(46)41(50)47(32)42(51)56-24-27(3)57-58-38-11-7-8-12-43-38;1-25-16-27-22-43-30-20-35(33(51-3)18-28(30)38(47)44(27)23-25)53-12-8-5-9-13-54-36-21-31-29(19-34(36)52-4)39(48)45-24-26(2)17-32(45)40(49)46(31)41(50)55-14-15-56-57-37-10-6-7-11-42-37/h7-8,11-12,17-21,27-28,33,41,50H,1-2,6,9-10,13-16,22-24H2,3-5H3;6-7,10-11,18-22,27,32,40,49H,1-2,5,8-9,12-17,23-24H2,3-4H3/t27-,28+,33+,41+;27-,32-,40-/m10/s1. The minimum Gasteiger partial charge on any atom is -0.493 e. The van der Waals surface area contributed by atoms with Crippen LogP contribution in [0.2, 0.25) is 0 Å². The van der Waals surface area contributed by atoms with Gasteiger partial charge in [-0.05, 0) is 141 Å². The van der Waals surface area contributed by atoms with Gasteiger partial charge in [-0.2, -0.15) is 0 Å². The average Bonchev–Trinajstić information content (AvgIpc) is 1.63. The molecule has 115 heavy (non-hydrogen) atoms. The van der Waals surface area contributed by atoms with Gasteiger partial charge in [-0.3, -0.25) is 29.2 Å². The molecular weight excluding hydrogens is 1550 g/mol. The van der Waals surface area contributed by atoms with Gasteiger partial charge in [0.15, 0.2) is 58.5 Å². The van der Waals surface area contributed by atoms with Gasteiger partial charge in [0.1, 0.15) is 23.3 Å². The zero-order chi connectivity index (χ0) is 81.0. The zero-order valence-electron chi connectivity index (χ0n) is 64.6. The molecule has 4 fully saturated rings. The molecular formula is C83H92N10O18S4. The Labute approximate surface area is 683 Å². The summed E-state index contributed by atoms with van der Waals surface area (Å²) in [5, 5.41) is 24.9. The van der Waals surface area contributed by atoms with Gasteiger partial charge in [0.05, 0.1) is 124 Å². The van der Waals surface area contributed by atoms with Gasteiger partial charge in [-0.15, -0.1) is 0 Å². The van der Waals surface area contributed by atoms with E-state index in [2.05, 4.69) is 46.3 Å². The number of unbranched alkanes of at least 4 members (excludes halogenated alkanes) is 4. The molecule has 4 saturated heterocycles. The number of amides is 6. The number of rotatable bonds is 30. The van der Waals surface area contributed by atoms with Gasteiger partial charge in [-0.25, -0.2) is 29.4 Å². The number of pyridine rings is 2. The predicted molar refractivity (Wildman–Crippen MR) is 442 cm³/mol. The number of ether oxygens (including phenoxy) is 10. The molecule has 2 N–H and O–H groups in total. The van der Waals surface area contributed by atoms with Crippen molar-refractivity contribution in [2.45, 2.75) is 123 Å². The van der Waals surface area contributed by atoms with E-state index in [9.17, 15) is 39.0 Å². The van der Waals surface area contributed by atoms with Crippen molar-refractivity contribution in [3.05, 3.63) is 168 Å². The Kier molecular flexibility index (Phi) is 27.2. The summed E-state index contributed by atoms with van der Waals surface area (Å²) in [6, 6.07) is 22.7. The molecule has 0 spiro atoms. The van der Waals surface area contributed by atoms with Crippen LogP contribution >= 0.6 is 43.2 Å². The number of methoxy groups -OCH3 is 4. The summed E-state index contributed by atoms with van der Waals surface area (Å²) in [5.74, 6) is 2.73. The van der Waals surface area contributed by atoms with Crippen molar-refractivity contribution in [3.8, 4) is 46.0 Å². The lowest BCUT2D eigenvalue weighted by atomic mass is 10.1. The smallest absolute Gasteiger partial charge is 0.416 e. The van der Waals surface area contributed by atoms with Gasteiger partial charge < -0.3 is 77.2 Å². The molecule has 28 nitrogen and oxygen atoms in total. The van der Waals surface area contributed by atoms with Crippen LogP contribution in [-0.4, -0.2) is 230 Å². The maximum atomic E-state index is 13.9. The lowest BCUT2D eigenvalue weighted by molar-refractivity contribution is 0.0491. The fraction of sp³-hybridized carbons (Fsp3) is 0.398. The van der Waals surface area contributed by atoms with Gasteiger partial charge in [-0.1, -0.05) is 82.3 Å². The highest BCUT2D eigenvalue weighted by atomic mass is 33.1. The molecule has 32 heteroatoms. The number of aliphatic hydroxyl groups excluding tert-OH is 2. The van der Waals surface area contributed by atoms with E-state index in [4.69, 9.17) is 47.4 Å². The molecule has 8 aliphatic rings. The largest absolute Gasteiger partial charge is 0.493 e. The Hall–Kier alpha value is -10.4. The van der Waals surface area contributed by atoms with E-state index < -0.39 is 36.7 Å². The Bertz CT molecular complexity index is 4750. The van der Waals surface area contributed by atoms with Crippen LogP contribution in [0.3, 0.4) is 0 Å².